The maximum absolute atomic E-state index is 13.1. The number of aryl methyl sites for hydroxylation is 2. The van der Waals surface area contributed by atoms with Crippen LogP contribution >= 0.6 is 0 Å². The number of rotatable bonds is 5. The lowest BCUT2D eigenvalue weighted by Gasteiger charge is -2.36. The molecule has 32 heavy (non-hydrogen) atoms. The molecule has 1 aliphatic heterocycles. The van der Waals surface area contributed by atoms with Crippen LogP contribution in [-0.2, 0) is 9.84 Å². The van der Waals surface area contributed by atoms with Crippen molar-refractivity contribution in [1.29, 1.82) is 0 Å². The number of hydrogen-bond acceptors (Lipinski definition) is 8. The molecule has 0 atom stereocenters. The summed E-state index contributed by atoms with van der Waals surface area (Å²) in [6.07, 6.45) is 1.31. The summed E-state index contributed by atoms with van der Waals surface area (Å²) in [6.45, 7) is 6.69. The molecule has 4 rings (SSSR count). The van der Waals surface area contributed by atoms with Crippen molar-refractivity contribution in [2.45, 2.75) is 23.6 Å². The van der Waals surface area contributed by atoms with E-state index in [1.165, 1.54) is 6.20 Å². The van der Waals surface area contributed by atoms with E-state index < -0.39 is 9.84 Å². The fourth-order valence-electron chi connectivity index (χ4n) is 3.78. The number of hydrogen-bond donors (Lipinski definition) is 1. The van der Waals surface area contributed by atoms with Crippen LogP contribution in [0.25, 0.3) is 0 Å². The van der Waals surface area contributed by atoms with E-state index in [2.05, 4.69) is 14.9 Å². The number of para-hydroxylation sites is 2. The second kappa shape index (κ2) is 8.66. The molecule has 2 heterocycles. The lowest BCUT2D eigenvalue weighted by atomic mass is 10.1. The molecule has 0 spiro atoms. The van der Waals surface area contributed by atoms with Gasteiger partial charge in [-0.1, -0.05) is 18.2 Å². The zero-order valence-electron chi connectivity index (χ0n) is 18.4. The van der Waals surface area contributed by atoms with Gasteiger partial charge in [-0.2, -0.15) is 4.98 Å². The lowest BCUT2D eigenvalue weighted by Crippen LogP contribution is -2.47. The van der Waals surface area contributed by atoms with Crippen LogP contribution in [0.15, 0.2) is 58.5 Å². The minimum absolute atomic E-state index is 0.0413. The number of piperazine rings is 1. The van der Waals surface area contributed by atoms with Crippen LogP contribution in [0.3, 0.4) is 0 Å². The molecule has 3 aromatic rings. The normalized spacial score (nSPS) is 14.5. The molecule has 0 saturated carbocycles. The molecule has 1 aliphatic rings. The van der Waals surface area contributed by atoms with Gasteiger partial charge in [0.1, 0.15) is 16.5 Å². The largest absolute Gasteiger partial charge is 0.495 e. The van der Waals surface area contributed by atoms with Crippen LogP contribution in [0.1, 0.15) is 11.1 Å². The molecule has 168 valence electrons. The maximum atomic E-state index is 13.1. The Balaban J connectivity index is 1.52. The molecule has 0 bridgehead atoms. The van der Waals surface area contributed by atoms with Crippen molar-refractivity contribution >= 4 is 27.3 Å². The summed E-state index contributed by atoms with van der Waals surface area (Å²) in [4.78, 5) is 13.0. The Morgan fingerprint density at radius 2 is 1.66 bits per heavy atom. The summed E-state index contributed by atoms with van der Waals surface area (Å²) in [7, 11) is -2.13. The van der Waals surface area contributed by atoms with E-state index in [-0.39, 0.29) is 15.6 Å². The zero-order chi connectivity index (χ0) is 22.9. The van der Waals surface area contributed by atoms with Gasteiger partial charge in [0.25, 0.3) is 0 Å². The minimum atomic E-state index is -3.80. The van der Waals surface area contributed by atoms with E-state index in [1.807, 2.05) is 43.0 Å². The number of benzene rings is 2. The maximum Gasteiger partial charge on any atom is 0.227 e. The second-order valence-corrected chi connectivity index (χ2v) is 9.73. The Labute approximate surface area is 188 Å². The third-order valence-electron chi connectivity index (χ3n) is 5.84. The number of aromatic nitrogens is 2. The van der Waals surface area contributed by atoms with Gasteiger partial charge in [0, 0.05) is 26.2 Å². The molecular formula is C23H27N5O3S. The summed E-state index contributed by atoms with van der Waals surface area (Å²) in [5, 5.41) is 0. The molecular weight excluding hydrogens is 426 g/mol. The summed E-state index contributed by atoms with van der Waals surface area (Å²) < 4.78 is 31.6. The van der Waals surface area contributed by atoms with E-state index in [4.69, 9.17) is 10.5 Å². The van der Waals surface area contributed by atoms with Gasteiger partial charge >= 0.3 is 0 Å². The van der Waals surface area contributed by atoms with Crippen LogP contribution in [-0.4, -0.2) is 51.7 Å². The second-order valence-electron chi connectivity index (χ2n) is 7.81. The van der Waals surface area contributed by atoms with Crippen molar-refractivity contribution in [2.24, 2.45) is 0 Å². The minimum Gasteiger partial charge on any atom is -0.495 e. The van der Waals surface area contributed by atoms with E-state index in [1.54, 1.807) is 25.3 Å². The number of ether oxygens (including phenoxy) is 1. The average molecular weight is 454 g/mol. The molecule has 0 aliphatic carbocycles. The van der Waals surface area contributed by atoms with E-state index in [9.17, 15) is 8.42 Å². The fourth-order valence-corrected chi connectivity index (χ4v) is 5.13. The summed E-state index contributed by atoms with van der Waals surface area (Å²) in [5.41, 5.74) is 9.06. The number of nitrogen functional groups attached to an aromatic ring is 1. The van der Waals surface area contributed by atoms with Crippen LogP contribution in [0.4, 0.5) is 17.5 Å². The molecule has 9 heteroatoms. The van der Waals surface area contributed by atoms with Gasteiger partial charge in [0.05, 0.1) is 23.9 Å². The highest BCUT2D eigenvalue weighted by Gasteiger charge is 2.26. The Kier molecular flexibility index (Phi) is 5.92. The summed E-state index contributed by atoms with van der Waals surface area (Å²) in [5.74, 6) is 1.23. The number of nitrogens with two attached hydrogens (primary N) is 1. The molecule has 0 unspecified atom stereocenters. The highest BCUT2D eigenvalue weighted by Crippen LogP contribution is 2.30. The number of methoxy groups -OCH3 is 1. The van der Waals surface area contributed by atoms with Crippen molar-refractivity contribution in [2.75, 3.05) is 48.8 Å². The molecule has 1 fully saturated rings. The Hall–Kier alpha value is -3.33. The predicted octanol–water partition coefficient (Wildman–Crippen LogP) is 2.84. The van der Waals surface area contributed by atoms with Gasteiger partial charge in [0.2, 0.25) is 15.8 Å². The highest BCUT2D eigenvalue weighted by molar-refractivity contribution is 7.91. The van der Waals surface area contributed by atoms with Crippen molar-refractivity contribution < 1.29 is 13.2 Å². The molecule has 0 amide bonds. The summed E-state index contributed by atoms with van der Waals surface area (Å²) >= 11 is 0. The zero-order valence-corrected chi connectivity index (χ0v) is 19.3. The first-order chi connectivity index (χ1) is 15.3. The fraction of sp³-hybridized carbons (Fsp3) is 0.304. The van der Waals surface area contributed by atoms with E-state index in [0.29, 0.717) is 19.0 Å². The first kappa shape index (κ1) is 21.9. The Bertz CT molecular complexity index is 1240. The number of nitrogens with zero attached hydrogens (tertiary/aromatic N) is 4. The predicted molar refractivity (Wildman–Crippen MR) is 125 cm³/mol. The quantitative estimate of drug-likeness (QED) is 0.629. The van der Waals surface area contributed by atoms with Gasteiger partial charge in [-0.15, -0.1) is 0 Å². The molecule has 1 saturated heterocycles. The van der Waals surface area contributed by atoms with Gasteiger partial charge in [-0.3, -0.25) is 0 Å². The highest BCUT2D eigenvalue weighted by atomic mass is 32.2. The summed E-state index contributed by atoms with van der Waals surface area (Å²) in [6, 6.07) is 12.9. The van der Waals surface area contributed by atoms with Crippen LogP contribution in [0.5, 0.6) is 5.75 Å². The lowest BCUT2D eigenvalue weighted by molar-refractivity contribution is 0.413. The monoisotopic (exact) mass is 453 g/mol. The standard InChI is InChI=1S/C23H27N5O3S/c1-16-8-9-18(14-17(16)2)32(29,30)21-15-25-23(26-22(21)24)28-12-10-27(11-13-28)19-6-4-5-7-20(19)31-3/h4-9,14-15H,10-13H2,1-3H3,(H2,24,25,26). The topological polar surface area (TPSA) is 102 Å². The van der Waals surface area contributed by atoms with Crippen molar-refractivity contribution in [3.05, 3.63) is 59.8 Å². The van der Waals surface area contributed by atoms with Crippen LogP contribution in [0, 0.1) is 13.8 Å². The first-order valence-electron chi connectivity index (χ1n) is 10.4. The van der Waals surface area contributed by atoms with E-state index in [0.717, 1.165) is 35.7 Å². The first-order valence-corrected chi connectivity index (χ1v) is 11.9. The van der Waals surface area contributed by atoms with Crippen molar-refractivity contribution in [1.82, 2.24) is 9.97 Å². The van der Waals surface area contributed by atoms with Crippen molar-refractivity contribution in [3.63, 3.8) is 0 Å². The smallest absolute Gasteiger partial charge is 0.227 e. The molecule has 2 N–H and O–H groups in total. The molecule has 0 radical (unpaired) electrons. The molecule has 1 aromatic heterocycles. The third kappa shape index (κ3) is 4.08. The van der Waals surface area contributed by atoms with Crippen LogP contribution < -0.4 is 20.3 Å². The van der Waals surface area contributed by atoms with Gasteiger partial charge < -0.3 is 20.3 Å². The van der Waals surface area contributed by atoms with Gasteiger partial charge in [-0.05, 0) is 49.2 Å². The number of sulfone groups is 1. The molecule has 2 aromatic carbocycles. The Morgan fingerprint density at radius 1 is 0.969 bits per heavy atom. The van der Waals surface area contributed by atoms with Crippen molar-refractivity contribution in [3.8, 4) is 5.75 Å². The average Bonchev–Trinajstić information content (AvgIpc) is 2.80. The third-order valence-corrected chi connectivity index (χ3v) is 7.60. The van der Waals surface area contributed by atoms with Gasteiger partial charge in [-0.25, -0.2) is 13.4 Å². The number of anilines is 3. The van der Waals surface area contributed by atoms with Crippen LogP contribution in [0.2, 0.25) is 0 Å². The van der Waals surface area contributed by atoms with E-state index >= 15 is 0 Å². The molecule has 8 nitrogen and oxygen atoms in total. The SMILES string of the molecule is COc1ccccc1N1CCN(c2ncc(S(=O)(=O)c3ccc(C)c(C)c3)c(N)n2)CC1. The van der Waals surface area contributed by atoms with Gasteiger partial charge in [0.15, 0.2) is 0 Å². The Morgan fingerprint density at radius 3 is 2.31 bits per heavy atom.